The molecule has 3 nitrogen and oxygen atoms in total. The molecule has 122 valence electrons. The third kappa shape index (κ3) is 6.60. The number of nitrogens with zero attached hydrogens (tertiary/aromatic N) is 1. The van der Waals surface area contributed by atoms with Crippen molar-refractivity contribution in [3.63, 3.8) is 0 Å². The Hall–Kier alpha value is -1.56. The molecule has 1 amide bonds. The number of amides is 1. The van der Waals surface area contributed by atoms with Crippen molar-refractivity contribution in [1.82, 2.24) is 4.90 Å². The molecule has 0 aliphatic rings. The average Bonchev–Trinajstić information content (AvgIpc) is 2.51. The molecule has 2 rings (SSSR count). The number of carbonyl (C=O) groups excluding carboxylic acids is 1. The molecule has 0 aliphatic carbocycles. The highest BCUT2D eigenvalue weighted by Gasteiger charge is 2.07. The molecule has 0 spiro atoms. The Bertz CT molecular complexity index is 634. The van der Waals surface area contributed by atoms with Gasteiger partial charge in [-0.15, -0.1) is 11.8 Å². The van der Waals surface area contributed by atoms with E-state index in [2.05, 4.69) is 5.32 Å². The van der Waals surface area contributed by atoms with Gasteiger partial charge in [0, 0.05) is 27.9 Å². The second-order valence-electron chi connectivity index (χ2n) is 5.10. The van der Waals surface area contributed by atoms with Crippen LogP contribution in [0.3, 0.4) is 0 Å². The number of thioether (sulfide) groups is 1. The van der Waals surface area contributed by atoms with Gasteiger partial charge in [0.15, 0.2) is 0 Å². The number of anilines is 1. The van der Waals surface area contributed by atoms with Crippen molar-refractivity contribution in [3.05, 3.63) is 59.4 Å². The lowest BCUT2D eigenvalue weighted by atomic mass is 10.3. The van der Waals surface area contributed by atoms with Gasteiger partial charge in [-0.25, -0.2) is 4.39 Å². The number of hydrogen-bond donors (Lipinski definition) is 1. The van der Waals surface area contributed by atoms with Crippen molar-refractivity contribution in [3.8, 4) is 0 Å². The number of likely N-dealkylation sites (N-methyl/N-ethyl adjacent to an activating group) is 1. The van der Waals surface area contributed by atoms with Crippen LogP contribution in [0.2, 0.25) is 5.02 Å². The van der Waals surface area contributed by atoms with Gasteiger partial charge < -0.3 is 5.32 Å². The molecule has 23 heavy (non-hydrogen) atoms. The topological polar surface area (TPSA) is 32.3 Å². The van der Waals surface area contributed by atoms with Crippen LogP contribution >= 0.6 is 23.4 Å². The fourth-order valence-corrected chi connectivity index (χ4v) is 3.00. The Morgan fingerprint density at radius 2 is 1.83 bits per heavy atom. The van der Waals surface area contributed by atoms with E-state index < -0.39 is 0 Å². The van der Waals surface area contributed by atoms with E-state index in [4.69, 9.17) is 11.6 Å². The van der Waals surface area contributed by atoms with Crippen LogP contribution < -0.4 is 5.32 Å². The van der Waals surface area contributed by atoms with E-state index in [1.54, 1.807) is 23.9 Å². The monoisotopic (exact) mass is 352 g/mol. The van der Waals surface area contributed by atoms with Crippen LogP contribution in [0.4, 0.5) is 10.1 Å². The molecule has 0 bridgehead atoms. The van der Waals surface area contributed by atoms with Crippen LogP contribution in [0.1, 0.15) is 0 Å². The Kier molecular flexibility index (Phi) is 6.89. The van der Waals surface area contributed by atoms with E-state index in [-0.39, 0.29) is 11.7 Å². The lowest BCUT2D eigenvalue weighted by molar-refractivity contribution is -0.117. The standard InChI is InChI=1S/C17H18ClFN2OS/c1-21(10-11-23-16-8-2-13(18)3-9-16)12-17(22)20-15-6-4-14(19)5-7-15/h2-9H,10-12H2,1H3,(H,20,22). The van der Waals surface area contributed by atoms with Gasteiger partial charge in [0.2, 0.25) is 5.91 Å². The normalized spacial score (nSPS) is 10.8. The predicted octanol–water partition coefficient (Wildman–Crippen LogP) is 4.14. The van der Waals surface area contributed by atoms with Crippen molar-refractivity contribution in [1.29, 1.82) is 0 Å². The zero-order valence-corrected chi connectivity index (χ0v) is 14.3. The summed E-state index contributed by atoms with van der Waals surface area (Å²) in [6, 6.07) is 13.4. The van der Waals surface area contributed by atoms with Gasteiger partial charge >= 0.3 is 0 Å². The van der Waals surface area contributed by atoms with Crippen molar-refractivity contribution in [2.75, 3.05) is 31.2 Å². The maximum absolute atomic E-state index is 12.8. The van der Waals surface area contributed by atoms with Gasteiger partial charge in [-0.2, -0.15) is 0 Å². The van der Waals surface area contributed by atoms with Crippen LogP contribution in [-0.4, -0.2) is 36.7 Å². The Morgan fingerprint density at radius 1 is 1.17 bits per heavy atom. The van der Waals surface area contributed by atoms with E-state index in [9.17, 15) is 9.18 Å². The molecule has 2 aromatic rings. The Labute approximate surface area is 144 Å². The molecule has 0 radical (unpaired) electrons. The minimum absolute atomic E-state index is 0.115. The van der Waals surface area contributed by atoms with E-state index >= 15 is 0 Å². The summed E-state index contributed by atoms with van der Waals surface area (Å²) in [6.07, 6.45) is 0. The molecule has 0 saturated heterocycles. The average molecular weight is 353 g/mol. The first-order valence-electron chi connectivity index (χ1n) is 7.15. The summed E-state index contributed by atoms with van der Waals surface area (Å²) in [4.78, 5) is 15.0. The largest absolute Gasteiger partial charge is 0.325 e. The second-order valence-corrected chi connectivity index (χ2v) is 6.70. The quantitative estimate of drug-likeness (QED) is 0.760. The van der Waals surface area contributed by atoms with Crippen molar-refractivity contribution in [2.45, 2.75) is 4.90 Å². The SMILES string of the molecule is CN(CCSc1ccc(Cl)cc1)CC(=O)Nc1ccc(F)cc1. The maximum Gasteiger partial charge on any atom is 0.238 e. The van der Waals surface area contributed by atoms with Gasteiger partial charge in [0.05, 0.1) is 6.54 Å². The van der Waals surface area contributed by atoms with Gasteiger partial charge in [0.25, 0.3) is 0 Å². The first kappa shape index (κ1) is 17.8. The molecular formula is C17H18ClFN2OS. The highest BCUT2D eigenvalue weighted by atomic mass is 35.5. The molecule has 1 N–H and O–H groups in total. The lowest BCUT2D eigenvalue weighted by Gasteiger charge is -2.16. The lowest BCUT2D eigenvalue weighted by Crippen LogP contribution is -2.31. The first-order valence-corrected chi connectivity index (χ1v) is 8.51. The molecule has 0 unspecified atom stereocenters. The Morgan fingerprint density at radius 3 is 2.48 bits per heavy atom. The van der Waals surface area contributed by atoms with Gasteiger partial charge in [-0.05, 0) is 55.6 Å². The summed E-state index contributed by atoms with van der Waals surface area (Å²) in [5.74, 6) is 0.442. The molecule has 0 aromatic heterocycles. The molecule has 0 saturated carbocycles. The highest BCUT2D eigenvalue weighted by Crippen LogP contribution is 2.20. The van der Waals surface area contributed by atoms with Crippen LogP contribution in [0.5, 0.6) is 0 Å². The van der Waals surface area contributed by atoms with Gasteiger partial charge in [-0.3, -0.25) is 9.69 Å². The number of benzene rings is 2. The van der Waals surface area contributed by atoms with Gasteiger partial charge in [-0.1, -0.05) is 11.6 Å². The summed E-state index contributed by atoms with van der Waals surface area (Å²) in [5.41, 5.74) is 0.598. The molecule has 0 heterocycles. The summed E-state index contributed by atoms with van der Waals surface area (Å²) in [6.45, 7) is 1.07. The van der Waals surface area contributed by atoms with Crippen LogP contribution in [0, 0.1) is 5.82 Å². The third-order valence-corrected chi connectivity index (χ3v) is 4.34. The van der Waals surface area contributed by atoms with E-state index in [1.165, 1.54) is 12.1 Å². The zero-order valence-electron chi connectivity index (χ0n) is 12.8. The van der Waals surface area contributed by atoms with Crippen LogP contribution in [0.25, 0.3) is 0 Å². The van der Waals surface area contributed by atoms with E-state index in [1.807, 2.05) is 36.2 Å². The number of rotatable bonds is 7. The van der Waals surface area contributed by atoms with E-state index in [0.717, 1.165) is 22.2 Å². The fourth-order valence-electron chi connectivity index (χ4n) is 1.91. The maximum atomic E-state index is 12.8. The van der Waals surface area contributed by atoms with Crippen molar-refractivity contribution in [2.24, 2.45) is 0 Å². The summed E-state index contributed by atoms with van der Waals surface area (Å²) >= 11 is 7.56. The molecule has 0 atom stereocenters. The minimum Gasteiger partial charge on any atom is -0.325 e. The Balaban J connectivity index is 1.69. The fraction of sp³-hybridized carbons (Fsp3) is 0.235. The zero-order chi connectivity index (χ0) is 16.7. The molecular weight excluding hydrogens is 335 g/mol. The summed E-state index contributed by atoms with van der Waals surface area (Å²) in [7, 11) is 1.90. The molecule has 0 aliphatic heterocycles. The number of carbonyl (C=O) groups is 1. The van der Waals surface area contributed by atoms with E-state index in [0.29, 0.717) is 12.2 Å². The van der Waals surface area contributed by atoms with Gasteiger partial charge in [0.1, 0.15) is 5.82 Å². The number of nitrogens with one attached hydrogen (secondary N) is 1. The smallest absolute Gasteiger partial charge is 0.238 e. The molecule has 2 aromatic carbocycles. The van der Waals surface area contributed by atoms with Crippen molar-refractivity contribution < 1.29 is 9.18 Å². The van der Waals surface area contributed by atoms with Crippen LogP contribution in [0.15, 0.2) is 53.4 Å². The van der Waals surface area contributed by atoms with Crippen molar-refractivity contribution >= 4 is 35.0 Å². The number of halogens is 2. The molecule has 6 heteroatoms. The second kappa shape index (κ2) is 8.91. The predicted molar refractivity (Wildman–Crippen MR) is 94.7 cm³/mol. The number of hydrogen-bond acceptors (Lipinski definition) is 3. The summed E-state index contributed by atoms with van der Waals surface area (Å²) in [5, 5.41) is 3.47. The summed E-state index contributed by atoms with van der Waals surface area (Å²) < 4.78 is 12.8. The highest BCUT2D eigenvalue weighted by molar-refractivity contribution is 7.99. The van der Waals surface area contributed by atoms with Crippen LogP contribution in [-0.2, 0) is 4.79 Å². The first-order chi connectivity index (χ1) is 11.0. The third-order valence-electron chi connectivity index (χ3n) is 3.10. The minimum atomic E-state index is -0.320. The molecule has 0 fully saturated rings.